The van der Waals surface area contributed by atoms with Gasteiger partial charge in [0.1, 0.15) is 24.1 Å². The van der Waals surface area contributed by atoms with Gasteiger partial charge in [-0.3, -0.25) is 13.9 Å². The van der Waals surface area contributed by atoms with E-state index in [4.69, 9.17) is 21.1 Å². The first kappa shape index (κ1) is 34.8. The van der Waals surface area contributed by atoms with Gasteiger partial charge in [-0.2, -0.15) is 0 Å². The van der Waals surface area contributed by atoms with Crippen LogP contribution in [0.3, 0.4) is 0 Å². The Balaban J connectivity index is 1.57. The SMILES string of the molecule is COc1ccc(S(=O)(=O)N(CC(=O)N(Cc2cccc(OC)c2)[C@H](Cc2ccccc2)C(=O)NC2CCCC2)c2ccc(Cl)cc2)cc1. The molecule has 4 aromatic carbocycles. The molecule has 0 spiro atoms. The standard InChI is InChI=1S/C37H40ClN3O6S/c1-46-32-19-21-34(22-20-32)48(44,45)41(31-17-15-29(38)16-18-31)26-36(42)40(25-28-11-8-14-33(23-28)47-2)35(24-27-9-4-3-5-10-27)37(43)39-30-12-6-7-13-30/h3-5,8-11,14-23,30,35H,6-7,12-13,24-26H2,1-2H3,(H,39,43)/t35-/m1/s1. The summed E-state index contributed by atoms with van der Waals surface area (Å²) in [6.45, 7) is -0.523. The van der Waals surface area contributed by atoms with Crippen LogP contribution in [0.5, 0.6) is 11.5 Å². The molecular weight excluding hydrogens is 650 g/mol. The van der Waals surface area contributed by atoms with E-state index < -0.39 is 28.5 Å². The van der Waals surface area contributed by atoms with Gasteiger partial charge in [0.25, 0.3) is 10.0 Å². The van der Waals surface area contributed by atoms with Crippen LogP contribution in [0.1, 0.15) is 36.8 Å². The van der Waals surface area contributed by atoms with Crippen molar-refractivity contribution in [2.24, 2.45) is 0 Å². The Morgan fingerprint density at radius 3 is 2.12 bits per heavy atom. The number of benzene rings is 4. The highest BCUT2D eigenvalue weighted by Crippen LogP contribution is 2.28. The van der Waals surface area contributed by atoms with Gasteiger partial charge < -0.3 is 19.7 Å². The molecular formula is C37H40ClN3O6S. The lowest BCUT2D eigenvalue weighted by Gasteiger charge is -2.34. The first-order chi connectivity index (χ1) is 23.2. The number of nitrogens with zero attached hydrogens (tertiary/aromatic N) is 2. The Bertz CT molecular complexity index is 1780. The lowest BCUT2D eigenvalue weighted by molar-refractivity contribution is -0.140. The predicted octanol–water partition coefficient (Wildman–Crippen LogP) is 6.25. The lowest BCUT2D eigenvalue weighted by Crippen LogP contribution is -2.54. The van der Waals surface area contributed by atoms with Crippen LogP contribution in [0, 0.1) is 0 Å². The van der Waals surface area contributed by atoms with Crippen LogP contribution in [-0.2, 0) is 32.6 Å². The van der Waals surface area contributed by atoms with Gasteiger partial charge in [-0.25, -0.2) is 8.42 Å². The number of sulfonamides is 1. The van der Waals surface area contributed by atoms with Crippen LogP contribution in [0.4, 0.5) is 5.69 Å². The second-order valence-corrected chi connectivity index (χ2v) is 14.0. The molecule has 0 heterocycles. The number of halogens is 1. The summed E-state index contributed by atoms with van der Waals surface area (Å²) in [4.78, 5) is 30.3. The van der Waals surface area contributed by atoms with Crippen LogP contribution in [0.2, 0.25) is 5.02 Å². The van der Waals surface area contributed by atoms with E-state index in [1.54, 1.807) is 55.6 Å². The number of nitrogens with one attached hydrogen (secondary N) is 1. The Labute approximate surface area is 287 Å². The highest BCUT2D eigenvalue weighted by atomic mass is 35.5. The maximum atomic E-state index is 14.7. The summed E-state index contributed by atoms with van der Waals surface area (Å²) in [5.74, 6) is 0.259. The van der Waals surface area contributed by atoms with Crippen molar-refractivity contribution in [3.63, 3.8) is 0 Å². The molecule has 5 rings (SSSR count). The fourth-order valence-corrected chi connectivity index (χ4v) is 7.44. The van der Waals surface area contributed by atoms with Gasteiger partial charge in [0.2, 0.25) is 11.8 Å². The lowest BCUT2D eigenvalue weighted by atomic mass is 10.0. The molecule has 0 aromatic heterocycles. The molecule has 1 fully saturated rings. The number of ether oxygens (including phenoxy) is 2. The minimum absolute atomic E-state index is 0.0190. The minimum atomic E-state index is -4.26. The molecule has 1 N–H and O–H groups in total. The van der Waals surface area contributed by atoms with Gasteiger partial charge in [0, 0.05) is 24.0 Å². The molecule has 11 heteroatoms. The topological polar surface area (TPSA) is 105 Å². The molecule has 0 saturated heterocycles. The molecule has 0 bridgehead atoms. The minimum Gasteiger partial charge on any atom is -0.497 e. The van der Waals surface area contributed by atoms with E-state index in [-0.39, 0.29) is 35.5 Å². The van der Waals surface area contributed by atoms with E-state index in [9.17, 15) is 18.0 Å². The molecule has 4 aromatic rings. The number of anilines is 1. The maximum absolute atomic E-state index is 14.7. The van der Waals surface area contributed by atoms with Crippen LogP contribution >= 0.6 is 11.6 Å². The van der Waals surface area contributed by atoms with Gasteiger partial charge in [-0.15, -0.1) is 0 Å². The number of carbonyl (C=O) groups excluding carboxylic acids is 2. The monoisotopic (exact) mass is 689 g/mol. The van der Waals surface area contributed by atoms with Crippen LogP contribution in [-0.4, -0.2) is 58.0 Å². The number of carbonyl (C=O) groups is 2. The smallest absolute Gasteiger partial charge is 0.264 e. The third kappa shape index (κ3) is 8.67. The zero-order chi connectivity index (χ0) is 34.1. The van der Waals surface area contributed by atoms with Crippen LogP contribution < -0.4 is 19.1 Å². The summed E-state index contributed by atoms with van der Waals surface area (Å²) in [6, 6.07) is 28.1. The first-order valence-corrected chi connectivity index (χ1v) is 17.7. The summed E-state index contributed by atoms with van der Waals surface area (Å²) < 4.78 is 40.2. The predicted molar refractivity (Wildman–Crippen MR) is 187 cm³/mol. The van der Waals surface area contributed by atoms with E-state index >= 15 is 0 Å². The van der Waals surface area contributed by atoms with E-state index in [2.05, 4.69) is 5.32 Å². The van der Waals surface area contributed by atoms with Gasteiger partial charge in [0.15, 0.2) is 0 Å². The molecule has 0 aliphatic heterocycles. The summed E-state index contributed by atoms with van der Waals surface area (Å²) >= 11 is 6.16. The quantitative estimate of drug-likeness (QED) is 0.168. The molecule has 1 atom stereocenters. The molecule has 0 unspecified atom stereocenters. The van der Waals surface area contributed by atoms with Crippen molar-refractivity contribution in [1.82, 2.24) is 10.2 Å². The number of hydrogen-bond donors (Lipinski definition) is 1. The Kier molecular flexibility index (Phi) is 11.6. The highest BCUT2D eigenvalue weighted by molar-refractivity contribution is 7.92. The Hall–Kier alpha value is -4.54. The van der Waals surface area contributed by atoms with Crippen molar-refractivity contribution >= 4 is 39.1 Å². The molecule has 252 valence electrons. The summed E-state index contributed by atoms with van der Waals surface area (Å²) in [5, 5.41) is 3.60. The molecule has 1 aliphatic carbocycles. The molecule has 2 amide bonds. The van der Waals surface area contributed by atoms with E-state index in [1.165, 1.54) is 24.1 Å². The van der Waals surface area contributed by atoms with Crippen molar-refractivity contribution in [3.05, 3.63) is 119 Å². The van der Waals surface area contributed by atoms with Crippen LogP contribution in [0.15, 0.2) is 108 Å². The Morgan fingerprint density at radius 2 is 1.48 bits per heavy atom. The average Bonchev–Trinajstić information content (AvgIpc) is 3.62. The first-order valence-electron chi connectivity index (χ1n) is 15.9. The number of hydrogen-bond acceptors (Lipinski definition) is 6. The van der Waals surface area contributed by atoms with Crippen molar-refractivity contribution in [2.45, 2.75) is 55.6 Å². The third-order valence-electron chi connectivity index (χ3n) is 8.50. The van der Waals surface area contributed by atoms with Gasteiger partial charge in [0.05, 0.1) is 24.8 Å². The van der Waals surface area contributed by atoms with E-state index in [0.717, 1.165) is 41.1 Å². The third-order valence-corrected chi connectivity index (χ3v) is 10.5. The fraction of sp³-hybridized carbons (Fsp3) is 0.297. The highest BCUT2D eigenvalue weighted by Gasteiger charge is 2.35. The Morgan fingerprint density at radius 1 is 0.833 bits per heavy atom. The van der Waals surface area contributed by atoms with Crippen molar-refractivity contribution in [2.75, 3.05) is 25.1 Å². The molecule has 9 nitrogen and oxygen atoms in total. The zero-order valence-corrected chi connectivity index (χ0v) is 28.6. The largest absolute Gasteiger partial charge is 0.497 e. The molecule has 1 saturated carbocycles. The van der Waals surface area contributed by atoms with Gasteiger partial charge in [-0.1, -0.05) is 66.9 Å². The second-order valence-electron chi connectivity index (χ2n) is 11.7. The second kappa shape index (κ2) is 16.0. The summed E-state index contributed by atoms with van der Waals surface area (Å²) in [5.41, 5.74) is 1.85. The van der Waals surface area contributed by atoms with Gasteiger partial charge >= 0.3 is 0 Å². The maximum Gasteiger partial charge on any atom is 0.264 e. The molecule has 0 radical (unpaired) electrons. The number of amides is 2. The van der Waals surface area contributed by atoms with E-state index in [1.807, 2.05) is 42.5 Å². The zero-order valence-electron chi connectivity index (χ0n) is 27.0. The van der Waals surface area contributed by atoms with Crippen molar-refractivity contribution in [3.8, 4) is 11.5 Å². The van der Waals surface area contributed by atoms with E-state index in [0.29, 0.717) is 16.5 Å². The van der Waals surface area contributed by atoms with Crippen molar-refractivity contribution in [1.29, 1.82) is 0 Å². The van der Waals surface area contributed by atoms with Crippen LogP contribution in [0.25, 0.3) is 0 Å². The number of methoxy groups -OCH3 is 2. The fourth-order valence-electron chi connectivity index (χ4n) is 5.90. The summed E-state index contributed by atoms with van der Waals surface area (Å²) in [6.07, 6.45) is 4.04. The van der Waals surface area contributed by atoms with Crippen molar-refractivity contribution < 1.29 is 27.5 Å². The average molecular weight is 690 g/mol. The number of rotatable bonds is 14. The molecule has 1 aliphatic rings. The normalized spacial score (nSPS) is 13.8. The summed E-state index contributed by atoms with van der Waals surface area (Å²) in [7, 11) is -1.21. The molecule has 48 heavy (non-hydrogen) atoms. The van der Waals surface area contributed by atoms with Gasteiger partial charge in [-0.05, 0) is 84.6 Å².